The van der Waals surface area contributed by atoms with Crippen LogP contribution < -0.4 is 10.6 Å². The first-order valence-electron chi connectivity index (χ1n) is 5.42. The normalized spacial score (nSPS) is 21.2. The van der Waals surface area contributed by atoms with Gasteiger partial charge in [-0.25, -0.2) is 9.97 Å². The third kappa shape index (κ3) is 3.29. The lowest BCUT2D eigenvalue weighted by Gasteiger charge is -2.24. The minimum Gasteiger partial charge on any atom is -0.366 e. The largest absolute Gasteiger partial charge is 0.433 e. The average molecular weight is 246 g/mol. The SMILES string of the molecule is FC(F)(F)c1cc(NC2CCCNC2)ncn1. The van der Waals surface area contributed by atoms with Gasteiger partial charge in [-0.3, -0.25) is 0 Å². The van der Waals surface area contributed by atoms with E-state index in [1.807, 2.05) is 0 Å². The molecule has 0 spiro atoms. The highest BCUT2D eigenvalue weighted by Gasteiger charge is 2.32. The molecule has 0 amide bonds. The van der Waals surface area contributed by atoms with Gasteiger partial charge >= 0.3 is 6.18 Å². The summed E-state index contributed by atoms with van der Waals surface area (Å²) in [6.45, 7) is 1.70. The van der Waals surface area contributed by atoms with E-state index in [1.54, 1.807) is 0 Å². The van der Waals surface area contributed by atoms with Crippen LogP contribution in [0.2, 0.25) is 0 Å². The number of aromatic nitrogens is 2. The highest BCUT2D eigenvalue weighted by molar-refractivity contribution is 5.37. The van der Waals surface area contributed by atoms with Crippen LogP contribution in [0.3, 0.4) is 0 Å². The van der Waals surface area contributed by atoms with Crippen molar-refractivity contribution in [2.24, 2.45) is 0 Å². The van der Waals surface area contributed by atoms with Crippen molar-refractivity contribution in [2.75, 3.05) is 18.4 Å². The molecule has 17 heavy (non-hydrogen) atoms. The van der Waals surface area contributed by atoms with E-state index in [2.05, 4.69) is 20.6 Å². The first-order valence-corrected chi connectivity index (χ1v) is 5.42. The van der Waals surface area contributed by atoms with Crippen LogP contribution in [0.15, 0.2) is 12.4 Å². The zero-order valence-electron chi connectivity index (χ0n) is 9.09. The molecule has 1 atom stereocenters. The van der Waals surface area contributed by atoms with E-state index in [0.29, 0.717) is 0 Å². The molecule has 1 aromatic rings. The van der Waals surface area contributed by atoms with Crippen molar-refractivity contribution < 1.29 is 13.2 Å². The third-order valence-corrected chi connectivity index (χ3v) is 2.61. The van der Waals surface area contributed by atoms with Crippen LogP contribution in [0.4, 0.5) is 19.0 Å². The Labute approximate surface area is 96.7 Å². The summed E-state index contributed by atoms with van der Waals surface area (Å²) in [4.78, 5) is 7.01. The fourth-order valence-electron chi connectivity index (χ4n) is 1.78. The minimum atomic E-state index is -4.43. The van der Waals surface area contributed by atoms with Crippen molar-refractivity contribution in [1.82, 2.24) is 15.3 Å². The molecule has 1 aliphatic heterocycles. The number of nitrogens with one attached hydrogen (secondary N) is 2. The van der Waals surface area contributed by atoms with Gasteiger partial charge in [0.2, 0.25) is 0 Å². The second-order valence-electron chi connectivity index (χ2n) is 3.97. The van der Waals surface area contributed by atoms with Gasteiger partial charge in [0.05, 0.1) is 0 Å². The van der Waals surface area contributed by atoms with Crippen LogP contribution in [0, 0.1) is 0 Å². The quantitative estimate of drug-likeness (QED) is 0.833. The lowest BCUT2D eigenvalue weighted by molar-refractivity contribution is -0.141. The van der Waals surface area contributed by atoms with Crippen LogP contribution in [0.1, 0.15) is 18.5 Å². The molecule has 4 nitrogen and oxygen atoms in total. The van der Waals surface area contributed by atoms with E-state index in [1.165, 1.54) is 0 Å². The molecule has 1 aliphatic rings. The number of halogens is 3. The second kappa shape index (κ2) is 4.87. The Morgan fingerprint density at radius 1 is 1.35 bits per heavy atom. The van der Waals surface area contributed by atoms with Crippen LogP contribution in [0.5, 0.6) is 0 Å². The number of piperidine rings is 1. The standard InChI is InChI=1S/C10H13F3N4/c11-10(12,13)8-4-9(16-6-15-8)17-7-2-1-3-14-5-7/h4,6-7,14H,1-3,5H2,(H,15,16,17). The van der Waals surface area contributed by atoms with Gasteiger partial charge in [0.15, 0.2) is 0 Å². The van der Waals surface area contributed by atoms with Crippen LogP contribution >= 0.6 is 0 Å². The van der Waals surface area contributed by atoms with Crippen molar-refractivity contribution in [1.29, 1.82) is 0 Å². The molecule has 0 radical (unpaired) electrons. The number of hydrogen-bond donors (Lipinski definition) is 2. The van der Waals surface area contributed by atoms with Gasteiger partial charge in [0, 0.05) is 18.7 Å². The van der Waals surface area contributed by atoms with Crippen molar-refractivity contribution in [3.05, 3.63) is 18.1 Å². The molecule has 1 unspecified atom stereocenters. The predicted molar refractivity (Wildman–Crippen MR) is 56.5 cm³/mol. The molecule has 94 valence electrons. The Balaban J connectivity index is 2.05. The molecule has 2 N–H and O–H groups in total. The summed E-state index contributed by atoms with van der Waals surface area (Å²) in [6, 6.07) is 1.06. The van der Waals surface area contributed by atoms with Gasteiger partial charge in [-0.15, -0.1) is 0 Å². The number of anilines is 1. The Bertz CT molecular complexity index is 374. The maximum atomic E-state index is 12.4. The lowest BCUT2D eigenvalue weighted by atomic mass is 10.1. The molecular weight excluding hydrogens is 233 g/mol. The molecule has 1 fully saturated rings. The van der Waals surface area contributed by atoms with Gasteiger partial charge in [-0.1, -0.05) is 0 Å². The Morgan fingerprint density at radius 2 is 2.18 bits per heavy atom. The Hall–Kier alpha value is -1.37. The monoisotopic (exact) mass is 246 g/mol. The van der Waals surface area contributed by atoms with Gasteiger partial charge < -0.3 is 10.6 Å². The second-order valence-corrected chi connectivity index (χ2v) is 3.97. The van der Waals surface area contributed by atoms with Gasteiger partial charge in [-0.2, -0.15) is 13.2 Å². The number of hydrogen-bond acceptors (Lipinski definition) is 4. The molecule has 0 aliphatic carbocycles. The van der Waals surface area contributed by atoms with E-state index in [0.717, 1.165) is 38.3 Å². The van der Waals surface area contributed by atoms with Crippen molar-refractivity contribution >= 4 is 5.82 Å². The summed E-state index contributed by atoms with van der Waals surface area (Å²) < 4.78 is 37.2. The van der Waals surface area contributed by atoms with E-state index < -0.39 is 11.9 Å². The highest BCUT2D eigenvalue weighted by Crippen LogP contribution is 2.28. The van der Waals surface area contributed by atoms with Gasteiger partial charge in [0.25, 0.3) is 0 Å². The van der Waals surface area contributed by atoms with Crippen LogP contribution in [-0.2, 0) is 6.18 Å². The molecule has 0 saturated carbocycles. The van der Waals surface area contributed by atoms with Crippen LogP contribution in [0.25, 0.3) is 0 Å². The number of alkyl halides is 3. The third-order valence-electron chi connectivity index (χ3n) is 2.61. The van der Waals surface area contributed by atoms with Crippen molar-refractivity contribution in [2.45, 2.75) is 25.1 Å². The predicted octanol–water partition coefficient (Wildman–Crippen LogP) is 1.66. The summed E-state index contributed by atoms with van der Waals surface area (Å²) >= 11 is 0. The van der Waals surface area contributed by atoms with E-state index in [-0.39, 0.29) is 11.9 Å². The molecule has 2 rings (SSSR count). The first-order chi connectivity index (χ1) is 8.05. The van der Waals surface area contributed by atoms with Gasteiger partial charge in [-0.05, 0) is 19.4 Å². The van der Waals surface area contributed by atoms with E-state index >= 15 is 0 Å². The van der Waals surface area contributed by atoms with E-state index in [9.17, 15) is 13.2 Å². The van der Waals surface area contributed by atoms with Gasteiger partial charge in [0.1, 0.15) is 17.8 Å². The summed E-state index contributed by atoms with van der Waals surface area (Å²) in [5, 5.41) is 6.15. The summed E-state index contributed by atoms with van der Waals surface area (Å²) in [5.41, 5.74) is -0.918. The highest BCUT2D eigenvalue weighted by atomic mass is 19.4. The zero-order valence-corrected chi connectivity index (χ0v) is 9.09. The fourth-order valence-corrected chi connectivity index (χ4v) is 1.78. The molecule has 0 bridgehead atoms. The molecule has 1 saturated heterocycles. The smallest absolute Gasteiger partial charge is 0.366 e. The Kier molecular flexibility index (Phi) is 3.46. The molecule has 0 aromatic carbocycles. The summed E-state index contributed by atoms with van der Waals surface area (Å²) in [7, 11) is 0. The van der Waals surface area contributed by atoms with Crippen molar-refractivity contribution in [3.63, 3.8) is 0 Å². The summed E-state index contributed by atoms with van der Waals surface area (Å²) in [6.07, 6.45) is -1.56. The molecular formula is C10H13F3N4. The molecule has 2 heterocycles. The fraction of sp³-hybridized carbons (Fsp3) is 0.600. The maximum absolute atomic E-state index is 12.4. The topological polar surface area (TPSA) is 49.8 Å². The van der Waals surface area contributed by atoms with Crippen molar-refractivity contribution in [3.8, 4) is 0 Å². The molecule has 7 heteroatoms. The lowest BCUT2D eigenvalue weighted by Crippen LogP contribution is -2.38. The zero-order chi connectivity index (χ0) is 12.3. The number of nitrogens with zero attached hydrogens (tertiary/aromatic N) is 2. The maximum Gasteiger partial charge on any atom is 0.433 e. The van der Waals surface area contributed by atoms with Crippen LogP contribution in [-0.4, -0.2) is 29.1 Å². The molecule has 1 aromatic heterocycles. The average Bonchev–Trinajstić information content (AvgIpc) is 2.29. The van der Waals surface area contributed by atoms with E-state index in [4.69, 9.17) is 0 Å². The first kappa shape index (κ1) is 12.1. The minimum absolute atomic E-state index is 0.125. The number of rotatable bonds is 2. The summed E-state index contributed by atoms with van der Waals surface area (Å²) in [5.74, 6) is 0.223. The Morgan fingerprint density at radius 3 is 2.82 bits per heavy atom.